The van der Waals surface area contributed by atoms with E-state index in [0.717, 1.165) is 49.1 Å². The summed E-state index contributed by atoms with van der Waals surface area (Å²) in [4.78, 5) is 75.9. The molecule has 460 valence electrons. The number of esters is 3. The molecule has 11 atom stereocenters. The normalized spacial score (nSPS) is 28.3. The molecule has 14 nitrogen and oxygen atoms in total. The molecule has 3 aliphatic carbocycles. The lowest BCUT2D eigenvalue weighted by atomic mass is 9.44. The molecule has 2 saturated carbocycles. The molecule has 1 aromatic carbocycles. The van der Waals surface area contributed by atoms with Gasteiger partial charge in [-0.05, 0) is 111 Å². The third kappa shape index (κ3) is 14.5. The fraction of sp³-hybridized carbons (Fsp3) is 0.790. The van der Waals surface area contributed by atoms with Crippen LogP contribution in [0.1, 0.15) is 179 Å². The lowest BCUT2D eigenvalue weighted by Gasteiger charge is -2.68. The van der Waals surface area contributed by atoms with Gasteiger partial charge in [-0.25, -0.2) is 4.79 Å². The number of ketones is 1. The van der Waals surface area contributed by atoms with Gasteiger partial charge in [-0.3, -0.25) is 19.2 Å². The summed E-state index contributed by atoms with van der Waals surface area (Å²) >= 11 is 7.02. The molecule has 1 heterocycles. The van der Waals surface area contributed by atoms with Crippen LogP contribution < -0.4 is 5.32 Å². The molecule has 81 heavy (non-hydrogen) atoms. The van der Waals surface area contributed by atoms with Gasteiger partial charge in [-0.2, -0.15) is 0 Å². The first-order chi connectivity index (χ1) is 38.0. The van der Waals surface area contributed by atoms with E-state index < -0.39 is 113 Å². The lowest BCUT2D eigenvalue weighted by molar-refractivity contribution is -0.346. The van der Waals surface area contributed by atoms with E-state index in [1.54, 1.807) is 0 Å². The number of alkyl halides is 2. The highest BCUT2D eigenvalue weighted by Crippen LogP contribution is 2.65. The number of rotatable bonds is 30. The van der Waals surface area contributed by atoms with Gasteiger partial charge in [0, 0.05) is 48.7 Å². The Morgan fingerprint density at radius 2 is 1.35 bits per heavy atom. The van der Waals surface area contributed by atoms with Crippen molar-refractivity contribution in [3.8, 4) is 0 Å². The van der Waals surface area contributed by atoms with Gasteiger partial charge in [0.25, 0.3) is 0 Å². The van der Waals surface area contributed by atoms with E-state index in [1.165, 1.54) is 6.92 Å². The smallest absolute Gasteiger partial charge is 0.337 e. The number of unbranched alkanes of at least 4 members (excludes halogenated alkanes) is 5. The first kappa shape index (κ1) is 69.7. The Balaban J connectivity index is 1.86. The zero-order valence-corrected chi connectivity index (χ0v) is 58.4. The van der Waals surface area contributed by atoms with Gasteiger partial charge in [-0.15, -0.1) is 0 Å². The highest BCUT2D eigenvalue weighted by molar-refractivity contribution is 9.09. The second kappa shape index (κ2) is 28.6. The number of Topliss-reactive ketones (excluding diaryl/α,β-unsaturated/α-hetero) is 1. The quantitative estimate of drug-likeness (QED) is 0.0186. The highest BCUT2D eigenvalue weighted by Gasteiger charge is 2.79. The van der Waals surface area contributed by atoms with Gasteiger partial charge < -0.3 is 42.6 Å². The van der Waals surface area contributed by atoms with E-state index in [1.807, 2.05) is 58.0 Å². The topological polar surface area (TPSA) is 182 Å². The molecule has 19 heteroatoms. The van der Waals surface area contributed by atoms with E-state index >= 15 is 9.59 Å². The summed E-state index contributed by atoms with van der Waals surface area (Å²) in [5, 5.41) is 19.2. The first-order valence-electron chi connectivity index (χ1n) is 30.7. The number of halogens is 2. The van der Waals surface area contributed by atoms with Crippen molar-refractivity contribution in [3.63, 3.8) is 0 Å². The Kier molecular flexibility index (Phi) is 24.6. The van der Waals surface area contributed by atoms with Crippen LogP contribution in [0.3, 0.4) is 0 Å². The molecule has 0 spiro atoms. The summed E-state index contributed by atoms with van der Waals surface area (Å²) in [5.74, 6) is -3.75. The summed E-state index contributed by atoms with van der Waals surface area (Å²) in [6.45, 7) is 31.8. The average Bonchev–Trinajstić information content (AvgIpc) is 3.60. The Morgan fingerprint density at radius 3 is 1.88 bits per heavy atom. The fourth-order valence-electron chi connectivity index (χ4n) is 13.5. The van der Waals surface area contributed by atoms with Gasteiger partial charge in [0.05, 0.1) is 30.1 Å². The van der Waals surface area contributed by atoms with Crippen LogP contribution in [-0.4, -0.2) is 125 Å². The minimum Gasteiger partial charge on any atom is -0.459 e. The van der Waals surface area contributed by atoms with Crippen LogP contribution in [0.15, 0.2) is 41.5 Å². The molecule has 1 aromatic rings. The monoisotopic (exact) mass is 1310 g/mol. The molecule has 2 bridgehead atoms. The first-order valence-corrected chi connectivity index (χ1v) is 40.9. The van der Waals surface area contributed by atoms with Crippen molar-refractivity contribution in [2.75, 3.05) is 17.3 Å². The van der Waals surface area contributed by atoms with Crippen molar-refractivity contribution in [1.29, 1.82) is 0 Å². The van der Waals surface area contributed by atoms with Crippen LogP contribution in [0.5, 0.6) is 0 Å². The Morgan fingerprint density at radius 1 is 0.802 bits per heavy atom. The summed E-state index contributed by atoms with van der Waals surface area (Å²) in [6.07, 6.45) is -1.02. The van der Waals surface area contributed by atoms with Crippen molar-refractivity contribution in [3.05, 3.63) is 47.0 Å². The predicted octanol–water partition coefficient (Wildman–Crippen LogP) is 13.9. The maximum absolute atomic E-state index is 17.2. The minimum atomic E-state index is -2.87. The van der Waals surface area contributed by atoms with Crippen LogP contribution in [0.4, 0.5) is 0 Å². The number of benzene rings is 1. The molecule has 2 N–H and O–H groups in total. The average molecular weight is 1310 g/mol. The maximum Gasteiger partial charge on any atom is 0.337 e. The molecule has 1 saturated heterocycles. The van der Waals surface area contributed by atoms with Crippen molar-refractivity contribution in [1.82, 2.24) is 5.32 Å². The highest BCUT2D eigenvalue weighted by atomic mass is 79.9. The number of carbonyl (C=O) groups excluding carboxylic acids is 5. The zero-order valence-electron chi connectivity index (χ0n) is 52.2. The number of amides is 1. The number of carbonyl (C=O) groups is 5. The molecule has 5 rings (SSSR count). The molecule has 0 aromatic heterocycles. The van der Waals surface area contributed by atoms with Crippen LogP contribution >= 0.6 is 31.9 Å². The third-order valence-electron chi connectivity index (χ3n) is 20.3. The van der Waals surface area contributed by atoms with E-state index in [9.17, 15) is 19.5 Å². The van der Waals surface area contributed by atoms with Crippen molar-refractivity contribution in [2.45, 2.75) is 276 Å². The van der Waals surface area contributed by atoms with Gasteiger partial charge >= 0.3 is 17.9 Å². The predicted molar refractivity (Wildman–Crippen MR) is 334 cm³/mol. The fourth-order valence-corrected chi connectivity index (χ4v) is 21.1. The van der Waals surface area contributed by atoms with Crippen molar-refractivity contribution < 1.29 is 61.3 Å². The maximum atomic E-state index is 17.2. The van der Waals surface area contributed by atoms with Gasteiger partial charge in [0.2, 0.25) is 5.91 Å². The SMILES string of the molecule is CC[Si](CC)(CC)O[C@H]1C(=O)[C@]2(C)[C@@H](O[Si](CC)(CC)CC)C[C@H]3OC[C@@]3(OC(C)=O)[C@H]2[C@H](OC(=O)CCCCBr)[C@]2(O)C[C@H](OC(=O)[C@H](O[Si](C)(C)C(C)(C)C)[C@@H](NC(=O)CCCCCCCBr)c3ccccc3)C(C)=C1C2(C)C. The summed E-state index contributed by atoms with van der Waals surface area (Å²) < 4.78 is 49.4. The van der Waals surface area contributed by atoms with Gasteiger partial charge in [0.15, 0.2) is 42.4 Å². The Bertz CT molecular complexity index is 2330. The molecule has 0 unspecified atom stereocenters. The third-order valence-corrected chi connectivity index (χ3v) is 35.1. The molecule has 1 amide bonds. The van der Waals surface area contributed by atoms with Gasteiger partial charge in [-0.1, -0.05) is 158 Å². The van der Waals surface area contributed by atoms with Crippen LogP contribution in [0, 0.1) is 16.7 Å². The number of ether oxygens (including phenoxy) is 4. The van der Waals surface area contributed by atoms with Crippen molar-refractivity contribution in [2.24, 2.45) is 16.7 Å². The second-order valence-corrected chi connectivity index (χ2v) is 41.9. The standard InChI is InChI=1S/C62H103Br2NO13Si3/c1-17-80(18-2,19-3)76-46-39-47-61(41-72-47,75-43(8)66)54-56(74-49(68)36-30-32-38-64)62(71)40-45(42(7)50(59(62,12)13)52(55(69)60(46,54)14)78-81(20-4,21-5)22-6)73-57(70)53(77-79(15,16)58(9,10)11)51(44-33-27-26-28-34-44)65-48(67)35-29-24-23-25-31-37-63/h26-28,33-34,45-47,51-54,56,71H,17-25,29-32,35-41H2,1-16H3,(H,65,67)/t45-,46-,47+,51-,52+,53+,54-,56-,60+,61-,62+/m0/s1. The van der Waals surface area contributed by atoms with Gasteiger partial charge in [0.1, 0.15) is 30.0 Å². The molecule has 3 fully saturated rings. The molecular weight excluding hydrogens is 1210 g/mol. The molecule has 4 aliphatic rings. The Labute approximate surface area is 506 Å². The number of nitrogens with one attached hydrogen (secondary N) is 1. The number of hydrogen-bond donors (Lipinski definition) is 2. The van der Waals surface area contributed by atoms with E-state index in [2.05, 4.69) is 113 Å². The van der Waals surface area contributed by atoms with Crippen LogP contribution in [0.2, 0.25) is 54.4 Å². The summed E-state index contributed by atoms with van der Waals surface area (Å²) in [5.41, 5.74) is -5.12. The molecular formula is C62H103Br2NO13Si3. The molecule has 0 radical (unpaired) electrons. The minimum absolute atomic E-state index is 0.00758. The largest absolute Gasteiger partial charge is 0.459 e. The second-order valence-electron chi connectivity index (χ2n) is 26.1. The summed E-state index contributed by atoms with van der Waals surface area (Å²) in [7, 11) is -8.25. The summed E-state index contributed by atoms with van der Waals surface area (Å²) in [6, 6.07) is 12.8. The zero-order chi connectivity index (χ0) is 60.6. The van der Waals surface area contributed by atoms with Crippen molar-refractivity contribution >= 4 is 86.4 Å². The molecule has 1 aliphatic heterocycles. The van der Waals surface area contributed by atoms with E-state index in [4.69, 9.17) is 32.2 Å². The van der Waals surface area contributed by atoms with E-state index in [-0.39, 0.29) is 49.0 Å². The lowest BCUT2D eigenvalue weighted by Crippen LogP contribution is -2.82. The number of fused-ring (bicyclic) bond motifs is 5. The number of hydrogen-bond acceptors (Lipinski definition) is 13. The van der Waals surface area contributed by atoms with E-state index in [0.29, 0.717) is 59.4 Å². The number of aliphatic hydroxyl groups is 1. The Hall–Kier alpha value is -2.08. The van der Waals surface area contributed by atoms with Crippen LogP contribution in [-0.2, 0) is 56.2 Å². The van der Waals surface area contributed by atoms with Crippen LogP contribution in [0.25, 0.3) is 0 Å².